The summed E-state index contributed by atoms with van der Waals surface area (Å²) < 4.78 is 13.7. The highest BCUT2D eigenvalue weighted by Crippen LogP contribution is 2.20. The van der Waals surface area contributed by atoms with E-state index in [0.717, 1.165) is 0 Å². The van der Waals surface area contributed by atoms with E-state index in [2.05, 4.69) is 4.99 Å². The van der Waals surface area contributed by atoms with Crippen molar-refractivity contribution in [2.45, 2.75) is 20.4 Å². The Kier molecular flexibility index (Phi) is 10.3. The molecular formula is C15H22Cl2FN3OS. The number of rotatable bonds is 6. The lowest BCUT2D eigenvalue weighted by molar-refractivity contribution is -0.127. The Labute approximate surface area is 152 Å². The van der Waals surface area contributed by atoms with Crippen LogP contribution in [0.15, 0.2) is 23.2 Å². The highest BCUT2D eigenvalue weighted by molar-refractivity contribution is 8.14. The van der Waals surface area contributed by atoms with Crippen LogP contribution < -0.4 is 5.73 Å². The Morgan fingerprint density at radius 2 is 2.13 bits per heavy atom. The molecule has 0 spiro atoms. The predicted octanol–water partition coefficient (Wildman–Crippen LogP) is 3.56. The number of amides is 1. The van der Waals surface area contributed by atoms with E-state index in [1.165, 1.54) is 28.8 Å². The van der Waals surface area contributed by atoms with Crippen LogP contribution in [0.3, 0.4) is 0 Å². The number of nitrogens with zero attached hydrogens (tertiary/aromatic N) is 2. The third kappa shape index (κ3) is 7.90. The van der Waals surface area contributed by atoms with E-state index in [1.54, 1.807) is 13.1 Å². The van der Waals surface area contributed by atoms with E-state index < -0.39 is 5.82 Å². The molecule has 0 unspecified atom stereocenters. The van der Waals surface area contributed by atoms with Crippen LogP contribution in [0.4, 0.5) is 4.39 Å². The Morgan fingerprint density at radius 1 is 1.48 bits per heavy atom. The molecule has 8 heteroatoms. The highest BCUT2D eigenvalue weighted by Gasteiger charge is 2.14. The molecule has 0 aromatic heterocycles. The van der Waals surface area contributed by atoms with Crippen LogP contribution in [0.25, 0.3) is 0 Å². The van der Waals surface area contributed by atoms with Gasteiger partial charge in [-0.25, -0.2) is 4.39 Å². The molecule has 0 saturated carbocycles. The van der Waals surface area contributed by atoms with Crippen molar-refractivity contribution in [1.82, 2.24) is 4.90 Å². The van der Waals surface area contributed by atoms with Gasteiger partial charge in [-0.1, -0.05) is 43.3 Å². The van der Waals surface area contributed by atoms with Crippen molar-refractivity contribution in [3.63, 3.8) is 0 Å². The van der Waals surface area contributed by atoms with Crippen LogP contribution >= 0.6 is 35.8 Å². The Hall–Kier alpha value is -0.980. The molecule has 0 aliphatic heterocycles. The topological polar surface area (TPSA) is 58.7 Å². The fraction of sp³-hybridized carbons (Fsp3) is 0.467. The van der Waals surface area contributed by atoms with Gasteiger partial charge in [-0.15, -0.1) is 12.4 Å². The number of carbonyl (C=O) groups is 1. The lowest BCUT2D eigenvalue weighted by atomic mass is 10.2. The van der Waals surface area contributed by atoms with Crippen molar-refractivity contribution in [3.8, 4) is 0 Å². The average Bonchev–Trinajstić information content (AvgIpc) is 2.46. The van der Waals surface area contributed by atoms with Crippen LogP contribution in [0, 0.1) is 11.7 Å². The fourth-order valence-electron chi connectivity index (χ4n) is 1.57. The lowest BCUT2D eigenvalue weighted by Gasteiger charge is -2.18. The monoisotopic (exact) mass is 381 g/mol. The Morgan fingerprint density at radius 3 is 2.70 bits per heavy atom. The predicted molar refractivity (Wildman–Crippen MR) is 98.9 cm³/mol. The van der Waals surface area contributed by atoms with Crippen LogP contribution in [0.1, 0.15) is 19.4 Å². The highest BCUT2D eigenvalue weighted by atomic mass is 35.5. The summed E-state index contributed by atoms with van der Waals surface area (Å²) in [5, 5.41) is 0.699. The number of carbonyl (C=O) groups excluding carboxylic acids is 1. The number of hydrogen-bond donors (Lipinski definition) is 1. The zero-order chi connectivity index (χ0) is 16.7. The summed E-state index contributed by atoms with van der Waals surface area (Å²) in [7, 11) is 1.60. The Balaban J connectivity index is 0.00000484. The molecule has 0 aliphatic rings. The van der Waals surface area contributed by atoms with Crippen molar-refractivity contribution in [3.05, 3.63) is 34.6 Å². The molecule has 0 bridgehead atoms. The molecule has 0 radical (unpaired) electrons. The number of aliphatic imine (C=N–C) groups is 1. The molecule has 23 heavy (non-hydrogen) atoms. The van der Waals surface area contributed by atoms with Crippen LogP contribution in [-0.4, -0.2) is 35.3 Å². The van der Waals surface area contributed by atoms with Gasteiger partial charge in [-0.2, -0.15) is 0 Å². The smallest absolute Gasteiger partial charge is 0.233 e. The molecule has 0 heterocycles. The minimum Gasteiger partial charge on any atom is -0.379 e. The first-order chi connectivity index (χ1) is 10.3. The van der Waals surface area contributed by atoms with Gasteiger partial charge >= 0.3 is 0 Å². The number of benzene rings is 1. The van der Waals surface area contributed by atoms with E-state index >= 15 is 0 Å². The van der Waals surface area contributed by atoms with E-state index in [-0.39, 0.29) is 30.6 Å². The number of thioether (sulfide) groups is 1. The van der Waals surface area contributed by atoms with E-state index in [9.17, 15) is 9.18 Å². The molecule has 0 saturated heterocycles. The van der Waals surface area contributed by atoms with Crippen molar-refractivity contribution in [2.75, 3.05) is 19.3 Å². The second-order valence-corrected chi connectivity index (χ2v) is 6.71. The van der Waals surface area contributed by atoms with Crippen molar-refractivity contribution >= 4 is 46.8 Å². The zero-order valence-electron chi connectivity index (χ0n) is 13.4. The fourth-order valence-corrected chi connectivity index (χ4v) is 2.45. The van der Waals surface area contributed by atoms with E-state index in [1.807, 2.05) is 13.8 Å². The molecule has 0 aliphatic carbocycles. The standard InChI is InChI=1S/C15H21ClFN3OS.ClH/c1-10(2)7-19-15(18)22-9-14(21)20(3)8-11-12(16)5-4-6-13(11)17;/h4-6,10H,7-9H2,1-3H3,(H2,18,19);1H. The van der Waals surface area contributed by atoms with Crippen molar-refractivity contribution < 1.29 is 9.18 Å². The van der Waals surface area contributed by atoms with Gasteiger partial charge < -0.3 is 10.6 Å². The van der Waals surface area contributed by atoms with Gasteiger partial charge in [-0.05, 0) is 18.1 Å². The molecule has 0 fully saturated rings. The number of halogens is 3. The maximum absolute atomic E-state index is 13.7. The molecule has 1 aromatic carbocycles. The second kappa shape index (κ2) is 10.7. The van der Waals surface area contributed by atoms with E-state index in [4.69, 9.17) is 17.3 Å². The minimum absolute atomic E-state index is 0. The first-order valence-corrected chi connectivity index (χ1v) is 8.27. The summed E-state index contributed by atoms with van der Waals surface area (Å²) in [4.78, 5) is 17.6. The van der Waals surface area contributed by atoms with Gasteiger partial charge in [0.15, 0.2) is 5.17 Å². The van der Waals surface area contributed by atoms with Gasteiger partial charge in [0.1, 0.15) is 5.82 Å². The zero-order valence-corrected chi connectivity index (χ0v) is 15.8. The van der Waals surface area contributed by atoms with Gasteiger partial charge in [0.05, 0.1) is 5.75 Å². The molecule has 1 rings (SSSR count). The summed E-state index contributed by atoms with van der Waals surface area (Å²) in [6.07, 6.45) is 0. The van der Waals surface area contributed by atoms with Crippen LogP contribution in [0.5, 0.6) is 0 Å². The maximum Gasteiger partial charge on any atom is 0.233 e. The van der Waals surface area contributed by atoms with Crippen molar-refractivity contribution in [1.29, 1.82) is 0 Å². The molecular weight excluding hydrogens is 360 g/mol. The van der Waals surface area contributed by atoms with Gasteiger partial charge in [0.2, 0.25) is 5.91 Å². The van der Waals surface area contributed by atoms with Gasteiger partial charge in [0.25, 0.3) is 0 Å². The van der Waals surface area contributed by atoms with E-state index in [0.29, 0.717) is 28.2 Å². The maximum atomic E-state index is 13.7. The van der Waals surface area contributed by atoms with Crippen molar-refractivity contribution in [2.24, 2.45) is 16.6 Å². The summed E-state index contributed by atoms with van der Waals surface area (Å²) in [6.45, 7) is 4.83. The molecule has 1 aromatic rings. The molecule has 130 valence electrons. The Bertz CT molecular complexity index is 535. The summed E-state index contributed by atoms with van der Waals surface area (Å²) in [6, 6.07) is 4.46. The number of nitrogens with two attached hydrogens (primary N) is 1. The second-order valence-electron chi connectivity index (χ2n) is 5.31. The minimum atomic E-state index is -0.419. The third-order valence-electron chi connectivity index (χ3n) is 2.84. The van der Waals surface area contributed by atoms with Gasteiger partial charge in [-0.3, -0.25) is 9.79 Å². The largest absolute Gasteiger partial charge is 0.379 e. The summed E-state index contributed by atoms with van der Waals surface area (Å²) in [5.41, 5.74) is 6.04. The quantitative estimate of drug-likeness (QED) is 0.605. The average molecular weight is 382 g/mol. The first kappa shape index (κ1) is 22.0. The van der Waals surface area contributed by atoms with Gasteiger partial charge in [0, 0.05) is 30.7 Å². The first-order valence-electron chi connectivity index (χ1n) is 6.90. The summed E-state index contributed by atoms with van der Waals surface area (Å²) >= 11 is 7.14. The normalized spacial score (nSPS) is 11.3. The number of amidine groups is 1. The SMILES string of the molecule is CC(C)CN=C(N)SCC(=O)N(C)Cc1c(F)cccc1Cl.Cl. The third-order valence-corrected chi connectivity index (χ3v) is 4.01. The van der Waals surface area contributed by atoms with Crippen LogP contribution in [0.2, 0.25) is 5.02 Å². The molecule has 1 amide bonds. The van der Waals surface area contributed by atoms with Crippen LogP contribution in [-0.2, 0) is 11.3 Å². The molecule has 0 atom stereocenters. The molecule has 2 N–H and O–H groups in total. The number of hydrogen-bond acceptors (Lipinski definition) is 3. The molecule has 4 nitrogen and oxygen atoms in total. The summed E-state index contributed by atoms with van der Waals surface area (Å²) in [5.74, 6) is 0.00117. The lowest BCUT2D eigenvalue weighted by Crippen LogP contribution is -2.29.